The molecular weight excluding hydrogens is 336 g/mol. The van der Waals surface area contributed by atoms with E-state index in [1.54, 1.807) is 13.8 Å². The van der Waals surface area contributed by atoms with Crippen LogP contribution in [0.25, 0.3) is 0 Å². The highest BCUT2D eigenvalue weighted by atomic mass is 32.3. The van der Waals surface area contributed by atoms with Gasteiger partial charge >= 0.3 is 0 Å². The predicted octanol–water partition coefficient (Wildman–Crippen LogP) is -0.378. The maximum Gasteiger partial charge on any atom is 0.244 e. The maximum absolute atomic E-state index is 12.1. The lowest BCUT2D eigenvalue weighted by atomic mass is 10.1. The van der Waals surface area contributed by atoms with Crippen LogP contribution in [0, 0.1) is 0 Å². The first kappa shape index (κ1) is 16.8. The molecule has 1 atom stereocenters. The van der Waals surface area contributed by atoms with E-state index in [4.69, 9.17) is 5.14 Å². The lowest BCUT2D eigenvalue weighted by Crippen LogP contribution is -2.38. The van der Waals surface area contributed by atoms with Gasteiger partial charge in [0, 0.05) is 24.2 Å². The number of hydrogen-bond donors (Lipinski definition) is 3. The summed E-state index contributed by atoms with van der Waals surface area (Å²) in [5.74, 6) is -0.0614. The molecule has 4 N–H and O–H groups in total. The number of aliphatic hydroxyl groups is 1. The van der Waals surface area contributed by atoms with Crippen LogP contribution in [0.5, 0.6) is 0 Å². The van der Waals surface area contributed by atoms with E-state index >= 15 is 0 Å². The number of sulfonamides is 1. The van der Waals surface area contributed by atoms with Crippen molar-refractivity contribution in [2.24, 2.45) is 5.14 Å². The number of sulfone groups is 1. The molecule has 10 heteroatoms. The van der Waals surface area contributed by atoms with E-state index in [2.05, 4.69) is 5.32 Å². The van der Waals surface area contributed by atoms with E-state index < -0.39 is 30.0 Å². The SMILES string of the molecule is CC(C)(O)CNC1=C2C=C(S(N)(=O)=O)SC2S(=O)(=O)CC1. The van der Waals surface area contributed by atoms with Gasteiger partial charge in [-0.3, -0.25) is 0 Å². The summed E-state index contributed by atoms with van der Waals surface area (Å²) in [7, 11) is -7.34. The number of nitrogens with two attached hydrogens (primary N) is 1. The van der Waals surface area contributed by atoms with Crippen molar-refractivity contribution in [3.8, 4) is 0 Å². The van der Waals surface area contributed by atoms with Gasteiger partial charge in [0.25, 0.3) is 0 Å². The van der Waals surface area contributed by atoms with E-state index in [-0.39, 0.29) is 23.0 Å². The summed E-state index contributed by atoms with van der Waals surface area (Å²) in [5, 5.41) is 17.8. The minimum absolute atomic E-state index is 0.0614. The molecule has 0 fully saturated rings. The van der Waals surface area contributed by atoms with Crippen LogP contribution >= 0.6 is 11.8 Å². The van der Waals surface area contributed by atoms with Crippen LogP contribution in [-0.4, -0.2) is 44.4 Å². The first-order valence-electron chi connectivity index (χ1n) is 6.22. The van der Waals surface area contributed by atoms with Gasteiger partial charge in [-0.2, -0.15) is 0 Å². The normalized spacial score (nSPS) is 25.5. The van der Waals surface area contributed by atoms with Crippen LogP contribution in [0.1, 0.15) is 20.3 Å². The molecule has 2 aliphatic heterocycles. The summed E-state index contributed by atoms with van der Waals surface area (Å²) in [4.78, 5) is 0. The molecule has 0 aliphatic carbocycles. The Balaban J connectivity index is 2.40. The summed E-state index contributed by atoms with van der Waals surface area (Å²) in [6, 6.07) is 0. The summed E-state index contributed by atoms with van der Waals surface area (Å²) in [6.45, 7) is 3.48. The molecule has 1 unspecified atom stereocenters. The minimum Gasteiger partial charge on any atom is -0.389 e. The molecule has 0 saturated carbocycles. The number of nitrogens with one attached hydrogen (secondary N) is 1. The van der Waals surface area contributed by atoms with Gasteiger partial charge in [-0.25, -0.2) is 22.0 Å². The molecule has 2 heterocycles. The van der Waals surface area contributed by atoms with Gasteiger partial charge in [0.05, 0.1) is 11.4 Å². The zero-order valence-electron chi connectivity index (χ0n) is 11.7. The van der Waals surface area contributed by atoms with Crippen molar-refractivity contribution in [2.45, 2.75) is 30.5 Å². The highest BCUT2D eigenvalue weighted by Gasteiger charge is 2.42. The largest absolute Gasteiger partial charge is 0.389 e. The lowest BCUT2D eigenvalue weighted by Gasteiger charge is -2.26. The molecule has 0 saturated heterocycles. The van der Waals surface area contributed by atoms with Crippen molar-refractivity contribution in [1.29, 1.82) is 0 Å². The Hall–Kier alpha value is -0.550. The van der Waals surface area contributed by atoms with Crippen molar-refractivity contribution in [2.75, 3.05) is 12.3 Å². The number of thioether (sulfide) groups is 1. The zero-order valence-corrected chi connectivity index (χ0v) is 14.1. The monoisotopic (exact) mass is 354 g/mol. The second-order valence-corrected chi connectivity index (χ2v) is 11.1. The molecule has 0 amide bonds. The molecule has 0 aromatic carbocycles. The average Bonchev–Trinajstić information content (AvgIpc) is 2.72. The first-order chi connectivity index (χ1) is 9.40. The molecule has 7 nitrogen and oxygen atoms in total. The number of hydrogen-bond acceptors (Lipinski definition) is 7. The van der Waals surface area contributed by atoms with Gasteiger partial charge in [0.15, 0.2) is 9.84 Å². The van der Waals surface area contributed by atoms with Crippen molar-refractivity contribution in [3.63, 3.8) is 0 Å². The Morgan fingerprint density at radius 1 is 1.52 bits per heavy atom. The fraction of sp³-hybridized carbons (Fsp3) is 0.636. The van der Waals surface area contributed by atoms with Gasteiger partial charge in [-0.1, -0.05) is 11.8 Å². The van der Waals surface area contributed by atoms with Crippen molar-refractivity contribution < 1.29 is 21.9 Å². The minimum atomic E-state index is -3.93. The van der Waals surface area contributed by atoms with Gasteiger partial charge < -0.3 is 10.4 Å². The number of primary sulfonamides is 1. The molecule has 21 heavy (non-hydrogen) atoms. The van der Waals surface area contributed by atoms with Crippen LogP contribution in [0.3, 0.4) is 0 Å². The van der Waals surface area contributed by atoms with E-state index in [9.17, 15) is 21.9 Å². The van der Waals surface area contributed by atoms with E-state index in [1.807, 2.05) is 0 Å². The Morgan fingerprint density at radius 2 is 2.14 bits per heavy atom. The van der Waals surface area contributed by atoms with Crippen molar-refractivity contribution in [3.05, 3.63) is 21.6 Å². The Kier molecular flexibility index (Phi) is 4.22. The first-order valence-corrected chi connectivity index (χ1v) is 10.4. The third-order valence-corrected chi connectivity index (χ3v) is 8.41. The summed E-state index contributed by atoms with van der Waals surface area (Å²) in [6.07, 6.45) is 1.58. The molecular formula is C11H18N2O5S3. The molecule has 120 valence electrons. The molecule has 0 radical (unpaired) electrons. The third kappa shape index (κ3) is 3.81. The predicted molar refractivity (Wildman–Crippen MR) is 82.3 cm³/mol. The fourth-order valence-electron chi connectivity index (χ4n) is 2.05. The summed E-state index contributed by atoms with van der Waals surface area (Å²) >= 11 is 0.745. The van der Waals surface area contributed by atoms with Gasteiger partial charge in [0.2, 0.25) is 10.0 Å². The smallest absolute Gasteiger partial charge is 0.244 e. The topological polar surface area (TPSA) is 127 Å². The maximum atomic E-state index is 12.1. The Bertz CT molecular complexity index is 713. The molecule has 2 aliphatic rings. The molecule has 0 bridgehead atoms. The number of fused-ring (bicyclic) bond motifs is 1. The molecule has 0 aromatic rings. The standard InChI is InChI=1S/C11H18N2O5S3/c1-11(2,14)6-13-8-3-4-20(15,16)10-7(8)5-9(19-10)21(12,17)18/h5,10,13-14H,3-4,6H2,1-2H3,(H2,12,17,18). The van der Waals surface area contributed by atoms with Crippen LogP contribution in [0.4, 0.5) is 0 Å². The summed E-state index contributed by atoms with van der Waals surface area (Å²) < 4.78 is 45.9. The zero-order chi connectivity index (χ0) is 16.1. The highest BCUT2D eigenvalue weighted by molar-refractivity contribution is 8.24. The van der Waals surface area contributed by atoms with Crippen LogP contribution in [0.2, 0.25) is 0 Å². The molecule has 2 rings (SSSR count). The van der Waals surface area contributed by atoms with Gasteiger partial charge in [-0.05, 0) is 19.9 Å². The molecule has 0 spiro atoms. The number of rotatable bonds is 4. The second kappa shape index (κ2) is 5.27. The lowest BCUT2D eigenvalue weighted by molar-refractivity contribution is 0.0823. The van der Waals surface area contributed by atoms with E-state index in [0.717, 1.165) is 11.8 Å². The van der Waals surface area contributed by atoms with Gasteiger partial charge in [0.1, 0.15) is 8.82 Å². The highest BCUT2D eigenvalue weighted by Crippen LogP contribution is 2.45. The quantitative estimate of drug-likeness (QED) is 0.628. The summed E-state index contributed by atoms with van der Waals surface area (Å²) in [5.41, 5.74) is 0.0973. The van der Waals surface area contributed by atoms with E-state index in [1.165, 1.54) is 6.08 Å². The Morgan fingerprint density at radius 3 is 2.67 bits per heavy atom. The van der Waals surface area contributed by atoms with Crippen LogP contribution < -0.4 is 10.5 Å². The number of allylic oxidation sites excluding steroid dienone is 2. The third-order valence-electron chi connectivity index (χ3n) is 3.08. The molecule has 0 aromatic heterocycles. The van der Waals surface area contributed by atoms with Crippen molar-refractivity contribution >= 4 is 31.6 Å². The van der Waals surface area contributed by atoms with Crippen LogP contribution in [0.15, 0.2) is 21.6 Å². The fourth-order valence-corrected chi connectivity index (χ4v) is 6.58. The average molecular weight is 354 g/mol. The van der Waals surface area contributed by atoms with Crippen LogP contribution in [-0.2, 0) is 19.9 Å². The van der Waals surface area contributed by atoms with Gasteiger partial charge in [-0.15, -0.1) is 0 Å². The second-order valence-electron chi connectivity index (χ2n) is 5.68. The van der Waals surface area contributed by atoms with Crippen molar-refractivity contribution in [1.82, 2.24) is 5.32 Å². The van der Waals surface area contributed by atoms with E-state index in [0.29, 0.717) is 11.3 Å². The Labute approximate surface area is 128 Å².